The van der Waals surface area contributed by atoms with Crippen LogP contribution in [0.2, 0.25) is 5.02 Å². The highest BCUT2D eigenvalue weighted by Gasteiger charge is 2.05. The molecule has 2 aromatic rings. The van der Waals surface area contributed by atoms with Crippen LogP contribution in [0.15, 0.2) is 48.8 Å². The SMILES string of the molecule is NC(Cc1cccnc1)Cc1cccc(Cl)c1. The Morgan fingerprint density at radius 2 is 1.88 bits per heavy atom. The number of rotatable bonds is 4. The third-order valence-corrected chi connectivity index (χ3v) is 2.84. The molecular weight excluding hydrogens is 232 g/mol. The average molecular weight is 247 g/mol. The molecule has 1 atom stereocenters. The first-order valence-corrected chi connectivity index (χ1v) is 6.01. The van der Waals surface area contributed by atoms with Gasteiger partial charge >= 0.3 is 0 Å². The lowest BCUT2D eigenvalue weighted by Gasteiger charge is -2.11. The van der Waals surface area contributed by atoms with Crippen molar-refractivity contribution in [1.29, 1.82) is 0 Å². The van der Waals surface area contributed by atoms with Gasteiger partial charge in [-0.3, -0.25) is 4.98 Å². The molecule has 2 nitrogen and oxygen atoms in total. The third-order valence-electron chi connectivity index (χ3n) is 2.61. The number of pyridine rings is 1. The van der Waals surface area contributed by atoms with E-state index < -0.39 is 0 Å². The van der Waals surface area contributed by atoms with Crippen LogP contribution >= 0.6 is 11.6 Å². The lowest BCUT2D eigenvalue weighted by molar-refractivity contribution is 0.663. The summed E-state index contributed by atoms with van der Waals surface area (Å²) in [5, 5.41) is 0.760. The van der Waals surface area contributed by atoms with Crippen LogP contribution < -0.4 is 5.73 Å². The number of hydrogen-bond donors (Lipinski definition) is 1. The molecule has 0 saturated carbocycles. The Morgan fingerprint density at radius 3 is 2.59 bits per heavy atom. The number of halogens is 1. The van der Waals surface area contributed by atoms with Crippen LogP contribution in [-0.2, 0) is 12.8 Å². The predicted molar refractivity (Wildman–Crippen MR) is 71.1 cm³/mol. The number of hydrogen-bond acceptors (Lipinski definition) is 2. The smallest absolute Gasteiger partial charge is 0.0408 e. The molecule has 17 heavy (non-hydrogen) atoms. The topological polar surface area (TPSA) is 38.9 Å². The fraction of sp³-hybridized carbons (Fsp3) is 0.214. The molecule has 1 aromatic heterocycles. The Bertz CT molecular complexity index is 471. The number of benzene rings is 1. The first-order chi connectivity index (χ1) is 8.24. The van der Waals surface area contributed by atoms with E-state index in [4.69, 9.17) is 17.3 Å². The molecule has 88 valence electrons. The van der Waals surface area contributed by atoms with E-state index in [1.165, 1.54) is 11.1 Å². The zero-order chi connectivity index (χ0) is 12.1. The molecule has 1 unspecified atom stereocenters. The summed E-state index contributed by atoms with van der Waals surface area (Å²) in [7, 11) is 0. The van der Waals surface area contributed by atoms with Crippen LogP contribution in [0.3, 0.4) is 0 Å². The number of aromatic nitrogens is 1. The summed E-state index contributed by atoms with van der Waals surface area (Å²) in [5.74, 6) is 0. The molecule has 1 heterocycles. The van der Waals surface area contributed by atoms with E-state index in [9.17, 15) is 0 Å². The lowest BCUT2D eigenvalue weighted by atomic mass is 10.0. The van der Waals surface area contributed by atoms with Gasteiger partial charge in [-0.2, -0.15) is 0 Å². The Kier molecular flexibility index (Phi) is 4.13. The zero-order valence-electron chi connectivity index (χ0n) is 9.51. The largest absolute Gasteiger partial charge is 0.327 e. The summed E-state index contributed by atoms with van der Waals surface area (Å²) in [6, 6.07) is 11.9. The molecule has 0 bridgehead atoms. The molecule has 0 radical (unpaired) electrons. The van der Waals surface area contributed by atoms with Gasteiger partial charge < -0.3 is 5.73 Å². The van der Waals surface area contributed by atoms with Crippen molar-refractivity contribution in [2.75, 3.05) is 0 Å². The Hall–Kier alpha value is -1.38. The van der Waals surface area contributed by atoms with Gasteiger partial charge in [0.15, 0.2) is 0 Å². The fourth-order valence-electron chi connectivity index (χ4n) is 1.86. The Labute approximate surface area is 106 Å². The van der Waals surface area contributed by atoms with Gasteiger partial charge in [0, 0.05) is 23.5 Å². The van der Waals surface area contributed by atoms with Crippen molar-refractivity contribution in [2.24, 2.45) is 5.73 Å². The van der Waals surface area contributed by atoms with Crippen LogP contribution in [0.1, 0.15) is 11.1 Å². The fourth-order valence-corrected chi connectivity index (χ4v) is 2.07. The minimum atomic E-state index is 0.0951. The molecular formula is C14H15ClN2. The second kappa shape index (κ2) is 5.80. The van der Waals surface area contributed by atoms with Gasteiger partial charge in [0.05, 0.1) is 0 Å². The van der Waals surface area contributed by atoms with Crippen molar-refractivity contribution in [2.45, 2.75) is 18.9 Å². The van der Waals surface area contributed by atoms with Crippen molar-refractivity contribution >= 4 is 11.6 Å². The highest BCUT2D eigenvalue weighted by Crippen LogP contribution is 2.13. The van der Waals surface area contributed by atoms with Gasteiger partial charge in [-0.1, -0.05) is 29.8 Å². The molecule has 0 aliphatic rings. The van der Waals surface area contributed by atoms with E-state index >= 15 is 0 Å². The van der Waals surface area contributed by atoms with Crippen LogP contribution in [0.4, 0.5) is 0 Å². The van der Waals surface area contributed by atoms with Gasteiger partial charge in [-0.25, -0.2) is 0 Å². The number of nitrogens with zero attached hydrogens (tertiary/aromatic N) is 1. The molecule has 0 amide bonds. The quantitative estimate of drug-likeness (QED) is 0.901. The van der Waals surface area contributed by atoms with E-state index in [1.807, 2.05) is 36.5 Å². The summed E-state index contributed by atoms with van der Waals surface area (Å²) in [6.07, 6.45) is 5.29. The van der Waals surface area contributed by atoms with Gasteiger partial charge in [0.25, 0.3) is 0 Å². The first-order valence-electron chi connectivity index (χ1n) is 5.63. The maximum Gasteiger partial charge on any atom is 0.0408 e. The van der Waals surface area contributed by atoms with Gasteiger partial charge in [0.2, 0.25) is 0 Å². The molecule has 0 fully saturated rings. The van der Waals surface area contributed by atoms with E-state index in [0.717, 1.165) is 17.9 Å². The summed E-state index contributed by atoms with van der Waals surface area (Å²) < 4.78 is 0. The van der Waals surface area contributed by atoms with Crippen molar-refractivity contribution in [1.82, 2.24) is 4.98 Å². The lowest BCUT2D eigenvalue weighted by Crippen LogP contribution is -2.25. The maximum atomic E-state index is 6.12. The molecule has 3 heteroatoms. The number of nitrogens with two attached hydrogens (primary N) is 1. The van der Waals surface area contributed by atoms with Crippen molar-refractivity contribution < 1.29 is 0 Å². The zero-order valence-corrected chi connectivity index (χ0v) is 10.3. The van der Waals surface area contributed by atoms with E-state index in [0.29, 0.717) is 0 Å². The molecule has 0 spiro atoms. The van der Waals surface area contributed by atoms with E-state index in [1.54, 1.807) is 6.20 Å². The van der Waals surface area contributed by atoms with Crippen LogP contribution in [0, 0.1) is 0 Å². The highest BCUT2D eigenvalue weighted by molar-refractivity contribution is 6.30. The standard InChI is InChI=1S/C14H15ClN2/c15-13-5-1-3-11(7-13)8-14(16)9-12-4-2-6-17-10-12/h1-7,10,14H,8-9,16H2. The molecule has 2 rings (SSSR count). The van der Waals surface area contributed by atoms with E-state index in [-0.39, 0.29) is 6.04 Å². The van der Waals surface area contributed by atoms with Gasteiger partial charge in [-0.15, -0.1) is 0 Å². The van der Waals surface area contributed by atoms with Crippen molar-refractivity contribution in [3.05, 3.63) is 64.9 Å². The average Bonchev–Trinajstić information content (AvgIpc) is 2.30. The Balaban J connectivity index is 1.96. The molecule has 2 N–H and O–H groups in total. The minimum absolute atomic E-state index is 0.0951. The van der Waals surface area contributed by atoms with E-state index in [2.05, 4.69) is 11.1 Å². The first kappa shape index (κ1) is 12.1. The summed E-state index contributed by atoms with van der Waals surface area (Å²) in [5.41, 5.74) is 8.46. The molecule has 0 saturated heterocycles. The highest BCUT2D eigenvalue weighted by atomic mass is 35.5. The normalized spacial score (nSPS) is 12.4. The summed E-state index contributed by atoms with van der Waals surface area (Å²) in [4.78, 5) is 4.08. The van der Waals surface area contributed by atoms with Gasteiger partial charge in [0.1, 0.15) is 0 Å². The maximum absolute atomic E-state index is 6.12. The Morgan fingerprint density at radius 1 is 1.12 bits per heavy atom. The summed E-state index contributed by atoms with van der Waals surface area (Å²) in [6.45, 7) is 0. The van der Waals surface area contributed by atoms with Crippen LogP contribution in [0.25, 0.3) is 0 Å². The third kappa shape index (κ3) is 3.84. The molecule has 0 aliphatic carbocycles. The van der Waals surface area contributed by atoms with Gasteiger partial charge in [-0.05, 0) is 42.2 Å². The second-order valence-electron chi connectivity index (χ2n) is 4.16. The summed E-state index contributed by atoms with van der Waals surface area (Å²) >= 11 is 5.94. The molecule has 0 aliphatic heterocycles. The van der Waals surface area contributed by atoms with Crippen molar-refractivity contribution in [3.8, 4) is 0 Å². The van der Waals surface area contributed by atoms with Crippen molar-refractivity contribution in [3.63, 3.8) is 0 Å². The monoisotopic (exact) mass is 246 g/mol. The second-order valence-corrected chi connectivity index (χ2v) is 4.60. The minimum Gasteiger partial charge on any atom is -0.327 e. The molecule has 1 aromatic carbocycles. The van der Waals surface area contributed by atoms with Crippen LogP contribution in [0.5, 0.6) is 0 Å². The van der Waals surface area contributed by atoms with Crippen LogP contribution in [-0.4, -0.2) is 11.0 Å². The predicted octanol–water partition coefficient (Wildman–Crippen LogP) is 2.85.